The average molecular weight is 390 g/mol. The lowest BCUT2D eigenvalue weighted by atomic mass is 9.77. The molecule has 0 amide bonds. The summed E-state index contributed by atoms with van der Waals surface area (Å²) in [5.41, 5.74) is 1.91. The molecular weight excluding hydrogens is 354 g/mol. The van der Waals surface area contributed by atoms with E-state index in [1.54, 1.807) is 0 Å². The van der Waals surface area contributed by atoms with Crippen molar-refractivity contribution in [1.82, 2.24) is 0 Å². The van der Waals surface area contributed by atoms with Crippen LogP contribution in [0.4, 0.5) is 0 Å². The van der Waals surface area contributed by atoms with Gasteiger partial charge in [-0.3, -0.25) is 0 Å². The van der Waals surface area contributed by atoms with E-state index < -0.39 is 0 Å². The van der Waals surface area contributed by atoms with Gasteiger partial charge in [0.1, 0.15) is 11.9 Å². The molecule has 0 bridgehead atoms. The van der Waals surface area contributed by atoms with Gasteiger partial charge in [0.15, 0.2) is 0 Å². The Morgan fingerprint density at radius 1 is 0.897 bits per heavy atom. The molecule has 0 N–H and O–H groups in total. The Labute approximate surface area is 176 Å². The second-order valence-corrected chi connectivity index (χ2v) is 8.61. The predicted molar refractivity (Wildman–Crippen MR) is 120 cm³/mol. The highest BCUT2D eigenvalue weighted by Crippen LogP contribution is 2.36. The standard InChI is InChI=1S/C27H35NO/c1-2-3-5-8-22-11-13-23(14-12-22)17-20-27(25-9-6-4-7-10-25)29-26-18-15-24(21-28)16-19-26/h4,6-7,9-10,15-16,18-19,22-23,27H,2-3,5,8,11-14,17,20H2,1H3. The minimum atomic E-state index is 0.0754. The number of nitriles is 1. The number of hydrogen-bond donors (Lipinski definition) is 0. The van der Waals surface area contributed by atoms with Crippen molar-refractivity contribution < 1.29 is 4.74 Å². The number of rotatable bonds is 10. The summed E-state index contributed by atoms with van der Waals surface area (Å²) in [6, 6.07) is 20.2. The van der Waals surface area contributed by atoms with E-state index in [4.69, 9.17) is 10.00 Å². The molecule has 1 fully saturated rings. The minimum Gasteiger partial charge on any atom is -0.486 e. The molecule has 0 saturated heterocycles. The SMILES string of the molecule is CCCCCC1CCC(CCC(Oc2ccc(C#N)cc2)c2ccccc2)CC1. The Kier molecular flexibility index (Phi) is 8.62. The Morgan fingerprint density at radius 2 is 1.55 bits per heavy atom. The Bertz CT molecular complexity index is 738. The predicted octanol–water partition coefficient (Wildman–Crippen LogP) is 7.85. The van der Waals surface area contributed by atoms with Gasteiger partial charge in [0.25, 0.3) is 0 Å². The largest absolute Gasteiger partial charge is 0.486 e. The van der Waals surface area contributed by atoms with Crippen molar-refractivity contribution in [1.29, 1.82) is 5.26 Å². The summed E-state index contributed by atoms with van der Waals surface area (Å²) < 4.78 is 6.37. The van der Waals surface area contributed by atoms with Crippen LogP contribution in [-0.2, 0) is 0 Å². The van der Waals surface area contributed by atoms with Crippen LogP contribution in [0.25, 0.3) is 0 Å². The summed E-state index contributed by atoms with van der Waals surface area (Å²) in [4.78, 5) is 0. The van der Waals surface area contributed by atoms with Crippen LogP contribution in [0.3, 0.4) is 0 Å². The maximum atomic E-state index is 9.00. The second kappa shape index (κ2) is 11.7. The summed E-state index contributed by atoms with van der Waals surface area (Å²) in [5.74, 6) is 2.66. The van der Waals surface area contributed by atoms with Crippen molar-refractivity contribution in [2.45, 2.75) is 77.2 Å². The maximum absolute atomic E-state index is 9.00. The van der Waals surface area contributed by atoms with Gasteiger partial charge >= 0.3 is 0 Å². The summed E-state index contributed by atoms with van der Waals surface area (Å²) in [7, 11) is 0. The first-order valence-electron chi connectivity index (χ1n) is 11.5. The van der Waals surface area contributed by atoms with Crippen LogP contribution in [0, 0.1) is 23.2 Å². The zero-order chi connectivity index (χ0) is 20.3. The molecule has 29 heavy (non-hydrogen) atoms. The van der Waals surface area contributed by atoms with Crippen molar-refractivity contribution in [2.75, 3.05) is 0 Å². The van der Waals surface area contributed by atoms with Gasteiger partial charge in [-0.25, -0.2) is 0 Å². The van der Waals surface area contributed by atoms with E-state index in [1.807, 2.05) is 24.3 Å². The smallest absolute Gasteiger partial charge is 0.124 e. The number of unbranched alkanes of at least 4 members (excludes halogenated alkanes) is 2. The van der Waals surface area contributed by atoms with E-state index in [0.717, 1.165) is 24.0 Å². The van der Waals surface area contributed by atoms with Crippen molar-refractivity contribution in [3.8, 4) is 11.8 Å². The Balaban J connectivity index is 1.53. The van der Waals surface area contributed by atoms with Crippen LogP contribution in [0.15, 0.2) is 54.6 Å². The summed E-state index contributed by atoms with van der Waals surface area (Å²) >= 11 is 0. The molecule has 1 atom stereocenters. The molecule has 1 unspecified atom stereocenters. The van der Waals surface area contributed by atoms with Crippen LogP contribution in [0.5, 0.6) is 5.75 Å². The molecule has 0 aromatic heterocycles. The molecular formula is C27H35NO. The summed E-state index contributed by atoms with van der Waals surface area (Å²) in [6.07, 6.45) is 13.5. The van der Waals surface area contributed by atoms with Crippen molar-refractivity contribution in [3.05, 3.63) is 65.7 Å². The third-order valence-electron chi connectivity index (χ3n) is 6.45. The number of hydrogen-bond acceptors (Lipinski definition) is 2. The lowest BCUT2D eigenvalue weighted by molar-refractivity contribution is 0.167. The maximum Gasteiger partial charge on any atom is 0.124 e. The molecule has 0 aliphatic heterocycles. The topological polar surface area (TPSA) is 33.0 Å². The van der Waals surface area contributed by atoms with Crippen molar-refractivity contribution >= 4 is 0 Å². The van der Waals surface area contributed by atoms with Crippen molar-refractivity contribution in [2.24, 2.45) is 11.8 Å². The van der Waals surface area contributed by atoms with Gasteiger partial charge in [-0.1, -0.05) is 88.6 Å². The number of nitrogens with zero attached hydrogens (tertiary/aromatic N) is 1. The molecule has 1 saturated carbocycles. The highest BCUT2D eigenvalue weighted by Gasteiger charge is 2.23. The summed E-state index contributed by atoms with van der Waals surface area (Å²) in [6.45, 7) is 2.29. The molecule has 1 aliphatic carbocycles. The van der Waals surface area contributed by atoms with Crippen LogP contribution < -0.4 is 4.74 Å². The monoisotopic (exact) mass is 389 g/mol. The first-order chi connectivity index (χ1) is 14.3. The van der Waals surface area contributed by atoms with Crippen LogP contribution in [0.2, 0.25) is 0 Å². The fraction of sp³-hybridized carbons (Fsp3) is 0.519. The van der Waals surface area contributed by atoms with Crippen molar-refractivity contribution in [3.63, 3.8) is 0 Å². The molecule has 0 heterocycles. The third-order valence-corrected chi connectivity index (χ3v) is 6.45. The van der Waals surface area contributed by atoms with E-state index in [1.165, 1.54) is 63.4 Å². The van der Waals surface area contributed by atoms with E-state index in [0.29, 0.717) is 5.56 Å². The molecule has 1 aliphatic rings. The fourth-order valence-corrected chi connectivity index (χ4v) is 4.61. The molecule has 154 valence electrons. The normalized spacial score (nSPS) is 20.0. The first-order valence-corrected chi connectivity index (χ1v) is 11.5. The molecule has 2 nitrogen and oxygen atoms in total. The van der Waals surface area contributed by atoms with Gasteiger partial charge in [-0.15, -0.1) is 0 Å². The highest BCUT2D eigenvalue weighted by atomic mass is 16.5. The van der Waals surface area contributed by atoms with Gasteiger partial charge < -0.3 is 4.74 Å². The van der Waals surface area contributed by atoms with E-state index in [-0.39, 0.29) is 6.10 Å². The van der Waals surface area contributed by atoms with Gasteiger partial charge in [-0.05, 0) is 54.5 Å². The number of ether oxygens (including phenoxy) is 1. The van der Waals surface area contributed by atoms with Gasteiger partial charge in [-0.2, -0.15) is 5.26 Å². The average Bonchev–Trinajstić information content (AvgIpc) is 2.79. The fourth-order valence-electron chi connectivity index (χ4n) is 4.61. The van der Waals surface area contributed by atoms with Gasteiger partial charge in [0, 0.05) is 0 Å². The third kappa shape index (κ3) is 6.93. The molecule has 2 aromatic carbocycles. The number of benzene rings is 2. The molecule has 2 aromatic rings. The van der Waals surface area contributed by atoms with Crippen LogP contribution in [-0.4, -0.2) is 0 Å². The van der Waals surface area contributed by atoms with Crippen LogP contribution >= 0.6 is 0 Å². The molecule has 0 spiro atoms. The van der Waals surface area contributed by atoms with E-state index in [2.05, 4.69) is 43.3 Å². The van der Waals surface area contributed by atoms with Gasteiger partial charge in [0.2, 0.25) is 0 Å². The van der Waals surface area contributed by atoms with E-state index >= 15 is 0 Å². The van der Waals surface area contributed by atoms with E-state index in [9.17, 15) is 0 Å². The minimum absolute atomic E-state index is 0.0754. The zero-order valence-corrected chi connectivity index (χ0v) is 17.9. The lowest BCUT2D eigenvalue weighted by Crippen LogP contribution is -2.16. The summed E-state index contributed by atoms with van der Waals surface area (Å²) in [5, 5.41) is 9.00. The highest BCUT2D eigenvalue weighted by molar-refractivity contribution is 5.35. The quantitative estimate of drug-likeness (QED) is 0.388. The Morgan fingerprint density at radius 3 is 2.17 bits per heavy atom. The lowest BCUT2D eigenvalue weighted by Gasteiger charge is -2.30. The molecule has 0 radical (unpaired) electrons. The molecule has 2 heteroatoms. The molecule has 3 rings (SSSR count). The first kappa shape index (κ1) is 21.4. The zero-order valence-electron chi connectivity index (χ0n) is 17.9. The second-order valence-electron chi connectivity index (χ2n) is 8.61. The Hall–Kier alpha value is -2.27. The van der Waals surface area contributed by atoms with Gasteiger partial charge in [0.05, 0.1) is 11.6 Å². The van der Waals surface area contributed by atoms with Crippen LogP contribution in [0.1, 0.15) is 88.4 Å².